The molecule has 0 aromatic carbocycles. The van der Waals surface area contributed by atoms with E-state index in [0.29, 0.717) is 14.2 Å². The monoisotopic (exact) mass is 1530 g/mol. The molecule has 0 spiro atoms. The minimum atomic E-state index is -6.20. The second-order valence-electron chi connectivity index (χ2n) is 19.3. The topological polar surface area (TPSA) is 677 Å². The summed E-state index contributed by atoms with van der Waals surface area (Å²) in [7, 11) is -33.4. The summed E-state index contributed by atoms with van der Waals surface area (Å²) in [6.07, 6.45) is -58.8. The van der Waals surface area contributed by atoms with Crippen molar-refractivity contribution in [1.82, 2.24) is 0 Å². The van der Waals surface area contributed by atoms with Gasteiger partial charge in [0.15, 0.2) is 55.9 Å². The maximum atomic E-state index is 13.3. The lowest BCUT2D eigenvalue weighted by molar-refractivity contribution is -0.388. The van der Waals surface area contributed by atoms with E-state index in [2.05, 4.69) is 20.9 Å². The van der Waals surface area contributed by atoms with Crippen LogP contribution in [0.2, 0.25) is 0 Å². The highest BCUT2D eigenvalue weighted by molar-refractivity contribution is 7.82. The summed E-state index contributed by atoms with van der Waals surface area (Å²) in [4.78, 5) is 26.6. The molecule has 5 aliphatic rings. The lowest BCUT2D eigenvalue weighted by Crippen LogP contribution is -2.70. The van der Waals surface area contributed by atoms with Crippen LogP contribution in [0.1, 0.15) is 0 Å². The van der Waals surface area contributed by atoms with E-state index in [0.717, 1.165) is 42.7 Å². The highest BCUT2D eigenvalue weighted by Gasteiger charge is 2.62. The van der Waals surface area contributed by atoms with E-state index in [1.807, 2.05) is 0 Å². The molecule has 552 valence electrons. The van der Waals surface area contributed by atoms with E-state index < -0.39 is 258 Å². The third-order valence-electron chi connectivity index (χ3n) is 13.6. The number of carbonyl (C=O) groups is 2. The van der Waals surface area contributed by atoms with Crippen LogP contribution >= 0.6 is 0 Å². The molecule has 5 saturated heterocycles. The molecule has 5 fully saturated rings. The molecular formula is C38H64O49S7. The van der Waals surface area contributed by atoms with E-state index in [1.54, 1.807) is 0 Å². The lowest BCUT2D eigenvalue weighted by atomic mass is 9.94. The second kappa shape index (κ2) is 33.2. The Morgan fingerprint density at radius 3 is 0.777 bits per heavy atom. The van der Waals surface area contributed by atoms with Crippen molar-refractivity contribution >= 4 is 84.7 Å². The molecule has 5 aliphatic heterocycles. The van der Waals surface area contributed by atoms with Crippen molar-refractivity contribution in [3.05, 3.63) is 0 Å². The summed E-state index contributed by atoms with van der Waals surface area (Å²) in [5.74, 6) is -4.28. The minimum Gasteiger partial charge on any atom is -0.479 e. The molecule has 0 bridgehead atoms. The summed E-state index contributed by atoms with van der Waals surface area (Å²) >= 11 is 0. The Bertz CT molecular complexity index is 3340. The molecule has 5 heterocycles. The van der Waals surface area contributed by atoms with Gasteiger partial charge in [0.25, 0.3) is 0 Å². The zero-order valence-electron chi connectivity index (χ0n) is 48.8. The molecule has 56 heteroatoms. The number of ether oxygens (including phenoxy) is 17. The number of aliphatic carboxylic acids is 2. The molecule has 94 heavy (non-hydrogen) atoms. The number of rotatable bonds is 35. The number of carboxylic acid groups (broad SMARTS) is 2. The third-order valence-corrected chi connectivity index (χ3v) is 16.8. The fourth-order valence-electron chi connectivity index (χ4n) is 10.2. The van der Waals surface area contributed by atoms with Crippen LogP contribution in [-0.4, -0.2) is 343 Å². The van der Waals surface area contributed by atoms with Crippen LogP contribution in [0.15, 0.2) is 0 Å². The van der Waals surface area contributed by atoms with Gasteiger partial charge < -0.3 is 90.7 Å². The van der Waals surface area contributed by atoms with Gasteiger partial charge in [-0.25, -0.2) is 38.9 Å². The quantitative estimate of drug-likeness (QED) is 0.0266. The van der Waals surface area contributed by atoms with E-state index in [-0.39, 0.29) is 0 Å². The van der Waals surface area contributed by atoms with Crippen molar-refractivity contribution in [3.8, 4) is 0 Å². The second-order valence-corrected chi connectivity index (χ2v) is 26.8. The van der Waals surface area contributed by atoms with Gasteiger partial charge in [-0.05, 0) is 0 Å². The molecule has 0 saturated carbocycles. The minimum absolute atomic E-state index is 0.707. The first-order valence-electron chi connectivity index (χ1n) is 25.3. The zero-order chi connectivity index (χ0) is 71.2. The fourth-order valence-corrected chi connectivity index (χ4v) is 13.1. The summed E-state index contributed by atoms with van der Waals surface area (Å²) in [5.41, 5.74) is 0. The normalized spacial score (nSPS) is 37.6. The van der Waals surface area contributed by atoms with Crippen LogP contribution in [0.3, 0.4) is 0 Å². The Kier molecular flexibility index (Phi) is 29.0. The van der Waals surface area contributed by atoms with Crippen LogP contribution < -0.4 is 0 Å². The average Bonchev–Trinajstić information content (AvgIpc) is 0.763. The van der Waals surface area contributed by atoms with Gasteiger partial charge in [0, 0.05) is 56.9 Å². The fraction of sp³-hybridized carbons (Fsp3) is 0.947. The van der Waals surface area contributed by atoms with Gasteiger partial charge in [0.05, 0.1) is 19.8 Å². The summed E-state index contributed by atoms with van der Waals surface area (Å²) in [6.45, 7) is -4.33. The molecule has 9 N–H and O–H groups in total. The van der Waals surface area contributed by atoms with Gasteiger partial charge in [-0.2, -0.15) is 58.9 Å². The van der Waals surface area contributed by atoms with Crippen LogP contribution in [0.5, 0.6) is 0 Å². The molecule has 25 atom stereocenters. The van der Waals surface area contributed by atoms with Crippen molar-refractivity contribution in [1.29, 1.82) is 0 Å². The van der Waals surface area contributed by atoms with Gasteiger partial charge in [-0.1, -0.05) is 0 Å². The first-order valence-corrected chi connectivity index (χ1v) is 34.9. The molecule has 5 rings (SSSR count). The van der Waals surface area contributed by atoms with Crippen LogP contribution in [-0.2, 0) is 192 Å². The molecule has 49 nitrogen and oxygen atoms in total. The van der Waals surface area contributed by atoms with Gasteiger partial charge >= 0.3 is 84.7 Å². The Balaban J connectivity index is 1.63. The van der Waals surface area contributed by atoms with E-state index in [9.17, 15) is 111 Å². The number of hydrogen-bond acceptors (Lipinski definition) is 40. The molecular weight excluding hydrogens is 1460 g/mol. The number of methoxy groups -OCH3 is 8. The molecule has 0 amide bonds. The van der Waals surface area contributed by atoms with Crippen LogP contribution in [0.25, 0.3) is 0 Å². The van der Waals surface area contributed by atoms with Gasteiger partial charge in [-0.15, -0.1) is 0 Å². The SMILES string of the molecule is CO[C@@H]1O[C@H](COS(=O)(=O)O)[C@H](O[C@@H]2O[C@@H](C(=O)O)[C@@H](O[C@@H]3O[C@@H](COS(=O)(=O)O)[C@H](O[C@H]4O[C@@H](C(=O)O)[C@H](O[C@H]5O[C@H](COS(=O)(=O)O)[C@@H](OC)[C@@H](OC)[C@H]5OC)[C@@H](OC)[C@@H]4OC)[C@H](OS(=O)(=O)O)[C@H]3OS(=O)(=O)O)[C@@H](OC)[C@H]2OC)[C@@H](OS(=O)(=O)O)[C@H]1OS(=O)(=O)O. The maximum absolute atomic E-state index is 13.3. The molecule has 0 aromatic heterocycles. The van der Waals surface area contributed by atoms with Crippen molar-refractivity contribution < 1.29 is 220 Å². The van der Waals surface area contributed by atoms with E-state index in [1.165, 1.54) is 0 Å². The van der Waals surface area contributed by atoms with Crippen molar-refractivity contribution in [2.75, 3.05) is 76.7 Å². The van der Waals surface area contributed by atoms with Crippen molar-refractivity contribution in [2.45, 2.75) is 154 Å². The van der Waals surface area contributed by atoms with Crippen LogP contribution in [0.4, 0.5) is 0 Å². The molecule has 0 aliphatic carbocycles. The predicted octanol–water partition coefficient (Wildman–Crippen LogP) is -7.72. The van der Waals surface area contributed by atoms with Gasteiger partial charge in [-0.3, -0.25) is 31.9 Å². The Labute approximate surface area is 533 Å². The summed E-state index contributed by atoms with van der Waals surface area (Å²) < 4.78 is 366. The predicted molar refractivity (Wildman–Crippen MR) is 279 cm³/mol. The Hall–Kier alpha value is -2.65. The molecule has 0 aromatic rings. The van der Waals surface area contributed by atoms with Gasteiger partial charge in [0.1, 0.15) is 97.7 Å². The average molecular weight is 1530 g/mol. The largest absolute Gasteiger partial charge is 0.479 e. The van der Waals surface area contributed by atoms with E-state index in [4.69, 9.17) is 88.9 Å². The summed E-state index contributed by atoms with van der Waals surface area (Å²) in [6, 6.07) is 0. The number of carboxylic acids is 2. The smallest absolute Gasteiger partial charge is 0.397 e. The number of hydrogen-bond donors (Lipinski definition) is 9. The van der Waals surface area contributed by atoms with Crippen LogP contribution in [0, 0.1) is 0 Å². The standard InChI is InChI=1S/C38H64O49S7/c1-64-15-12(9-72-88(43,44)45)76-35(27(68-5)18(15)65-2)80-21-19(66-3)28(69-6)37(82-25(21)32(39)40)79-17-14(11-74-90(49,50)51)77-38(31(87-94(61,62)63)24(17)85-92(55,56)57)81-22-20(67-4)29(70-7)36(83-26(22)33(41)42)78-16-13(10-73-89(46,47)48)75-34(71-8)30(86-93(58,59)60)23(16)84-91(52,53)54/h12-31,34-38H,9-11H2,1-8H3,(H,39,40)(H,41,42)(H,43,44,45)(H,46,47,48)(H,49,50,51)(H,52,53,54)(H,55,56,57)(H,58,59,60)(H,61,62,63)/t12-,13-,14+,15-,16+,17+,18-,19-,20-,21-,22+,23-,24+,25-,26-,27-,28+,29-,30-,31-,34-,35-,36-,37+,38+/m1/s1. The first-order chi connectivity index (χ1) is 43.2. The maximum Gasteiger partial charge on any atom is 0.397 e. The summed E-state index contributed by atoms with van der Waals surface area (Å²) in [5, 5.41) is 21.4. The first kappa shape index (κ1) is 82.0. The lowest BCUT2D eigenvalue weighted by Gasteiger charge is -2.51. The van der Waals surface area contributed by atoms with E-state index >= 15 is 0 Å². The Morgan fingerprint density at radius 1 is 0.277 bits per heavy atom. The molecule has 0 radical (unpaired) electrons. The molecule has 0 unspecified atom stereocenters. The highest BCUT2D eigenvalue weighted by Crippen LogP contribution is 2.41. The van der Waals surface area contributed by atoms with Gasteiger partial charge in [0.2, 0.25) is 0 Å². The van der Waals surface area contributed by atoms with Crippen molar-refractivity contribution in [2.24, 2.45) is 0 Å². The zero-order valence-corrected chi connectivity index (χ0v) is 54.5. The van der Waals surface area contributed by atoms with Crippen molar-refractivity contribution in [3.63, 3.8) is 0 Å². The highest BCUT2D eigenvalue weighted by atomic mass is 32.3. The third kappa shape index (κ3) is 22.7. The Morgan fingerprint density at radius 2 is 0.511 bits per heavy atom.